The number of rotatable bonds is 10. The molecule has 5 aromatic rings. The molecule has 6 rings (SSSR count). The predicted octanol–water partition coefficient (Wildman–Crippen LogP) is 6.34. The highest BCUT2D eigenvalue weighted by Gasteiger charge is 2.35. The number of carbonyl (C=O) groups is 2. The first-order valence-electron chi connectivity index (χ1n) is 15.7. The van der Waals surface area contributed by atoms with E-state index in [2.05, 4.69) is 13.8 Å². The molecular formula is C39H34N2O6S. The highest BCUT2D eigenvalue weighted by atomic mass is 32.1. The van der Waals surface area contributed by atoms with Crippen LogP contribution >= 0.6 is 11.3 Å². The maximum atomic E-state index is 14.2. The minimum Gasteiger partial charge on any atom is -0.489 e. The van der Waals surface area contributed by atoms with Crippen molar-refractivity contribution in [1.29, 1.82) is 0 Å². The Bertz CT molecular complexity index is 2160. The van der Waals surface area contributed by atoms with Gasteiger partial charge in [0.15, 0.2) is 4.80 Å². The summed E-state index contributed by atoms with van der Waals surface area (Å²) in [7, 11) is 0. The molecule has 2 heterocycles. The number of benzene rings is 4. The van der Waals surface area contributed by atoms with Crippen LogP contribution in [0.5, 0.6) is 5.75 Å². The second-order valence-corrected chi connectivity index (χ2v) is 12.6. The molecule has 0 spiro atoms. The van der Waals surface area contributed by atoms with Crippen molar-refractivity contribution >= 4 is 35.0 Å². The molecule has 4 aromatic carbocycles. The second-order valence-electron chi connectivity index (χ2n) is 11.6. The predicted molar refractivity (Wildman–Crippen MR) is 186 cm³/mol. The van der Waals surface area contributed by atoms with Crippen molar-refractivity contribution in [2.75, 3.05) is 6.61 Å². The summed E-state index contributed by atoms with van der Waals surface area (Å²) in [6.45, 7) is 6.47. The fraction of sp³-hybridized carbons (Fsp3) is 0.179. The summed E-state index contributed by atoms with van der Waals surface area (Å²) in [4.78, 5) is 44.4. The SMILES string of the molecule is CCOC(=O)C1=C(c2ccccc2)N=c2s/c(=C/c3ccc(OCc4ccc(C(=O)O)cc4)cc3)c(=O)n2[C@@H]1c1ccc(C(C)C)cc1. The number of thiazole rings is 1. The second kappa shape index (κ2) is 14.1. The van der Waals surface area contributed by atoms with Gasteiger partial charge in [0.05, 0.1) is 34.0 Å². The first-order valence-corrected chi connectivity index (χ1v) is 16.5. The van der Waals surface area contributed by atoms with Crippen molar-refractivity contribution in [2.24, 2.45) is 4.99 Å². The topological polar surface area (TPSA) is 107 Å². The van der Waals surface area contributed by atoms with Crippen molar-refractivity contribution in [2.45, 2.75) is 39.3 Å². The zero-order chi connectivity index (χ0) is 33.8. The molecular weight excluding hydrogens is 625 g/mol. The molecule has 1 atom stereocenters. The lowest BCUT2D eigenvalue weighted by molar-refractivity contribution is -0.138. The number of carboxylic acid groups (broad SMARTS) is 1. The number of aromatic carboxylic acids is 1. The third-order valence-corrected chi connectivity index (χ3v) is 9.06. The van der Waals surface area contributed by atoms with Crippen LogP contribution in [0.15, 0.2) is 118 Å². The molecule has 0 bridgehead atoms. The van der Waals surface area contributed by atoms with Gasteiger partial charge in [0.2, 0.25) is 0 Å². The number of carboxylic acids is 1. The summed E-state index contributed by atoms with van der Waals surface area (Å²) in [6.07, 6.45) is 1.81. The molecule has 1 aliphatic heterocycles. The number of ether oxygens (including phenoxy) is 2. The Hall–Kier alpha value is -5.54. The standard InChI is InChI=1S/C39H34N2O6S/c1-4-46-38(45)33-34(28-8-6-5-7-9-28)40-39-41(35(33)29-18-16-27(17-19-29)24(2)3)36(42)32(48-39)22-25-12-20-31(21-13-25)47-23-26-10-14-30(15-11-26)37(43)44/h5-22,24,35H,4,23H2,1-3H3,(H,43,44)/b32-22+/t35-/m1/s1. The van der Waals surface area contributed by atoms with E-state index in [0.717, 1.165) is 27.8 Å². The van der Waals surface area contributed by atoms with E-state index < -0.39 is 18.0 Å². The summed E-state index contributed by atoms with van der Waals surface area (Å²) >= 11 is 1.27. The smallest absolute Gasteiger partial charge is 0.338 e. The highest BCUT2D eigenvalue weighted by Crippen LogP contribution is 2.35. The van der Waals surface area contributed by atoms with Gasteiger partial charge in [-0.05, 0) is 65.4 Å². The van der Waals surface area contributed by atoms with Gasteiger partial charge in [-0.3, -0.25) is 9.36 Å². The van der Waals surface area contributed by atoms with Crippen LogP contribution < -0.4 is 19.6 Å². The van der Waals surface area contributed by atoms with E-state index in [0.29, 0.717) is 32.3 Å². The number of hydrogen-bond acceptors (Lipinski definition) is 7. The Balaban J connectivity index is 1.39. The zero-order valence-corrected chi connectivity index (χ0v) is 27.6. The first-order chi connectivity index (χ1) is 23.2. The molecule has 0 amide bonds. The van der Waals surface area contributed by atoms with Gasteiger partial charge >= 0.3 is 11.9 Å². The van der Waals surface area contributed by atoms with E-state index in [1.807, 2.05) is 84.9 Å². The molecule has 0 aliphatic carbocycles. The van der Waals surface area contributed by atoms with Crippen LogP contribution in [0.2, 0.25) is 0 Å². The van der Waals surface area contributed by atoms with Crippen molar-refractivity contribution in [3.63, 3.8) is 0 Å². The Labute approximate surface area is 281 Å². The van der Waals surface area contributed by atoms with Gasteiger partial charge in [0.25, 0.3) is 5.56 Å². The number of hydrogen-bond donors (Lipinski definition) is 1. The van der Waals surface area contributed by atoms with E-state index >= 15 is 0 Å². The summed E-state index contributed by atoms with van der Waals surface area (Å²) < 4.78 is 13.5. The monoisotopic (exact) mass is 658 g/mol. The molecule has 242 valence electrons. The number of aromatic nitrogens is 1. The molecule has 0 fully saturated rings. The molecule has 8 nitrogen and oxygen atoms in total. The van der Waals surface area contributed by atoms with E-state index in [4.69, 9.17) is 19.6 Å². The van der Waals surface area contributed by atoms with Crippen LogP contribution in [0.1, 0.15) is 70.9 Å². The molecule has 1 N–H and O–H groups in total. The number of fused-ring (bicyclic) bond motifs is 1. The Morgan fingerprint density at radius 1 is 0.938 bits per heavy atom. The van der Waals surface area contributed by atoms with Crippen LogP contribution in [0, 0.1) is 0 Å². The lowest BCUT2D eigenvalue weighted by Gasteiger charge is -2.26. The van der Waals surface area contributed by atoms with Crippen LogP contribution in [0.4, 0.5) is 0 Å². The molecule has 0 saturated carbocycles. The van der Waals surface area contributed by atoms with Gasteiger partial charge in [0.1, 0.15) is 12.4 Å². The average molecular weight is 659 g/mol. The minimum atomic E-state index is -0.975. The van der Waals surface area contributed by atoms with E-state index in [9.17, 15) is 14.4 Å². The van der Waals surface area contributed by atoms with Gasteiger partial charge in [-0.1, -0.05) is 104 Å². The lowest BCUT2D eigenvalue weighted by atomic mass is 9.91. The number of carbonyl (C=O) groups excluding carboxylic acids is 1. The summed E-state index contributed by atoms with van der Waals surface area (Å²) in [5.74, 6) is -0.534. The maximum Gasteiger partial charge on any atom is 0.338 e. The van der Waals surface area contributed by atoms with Gasteiger partial charge < -0.3 is 14.6 Å². The molecule has 1 aromatic heterocycles. The molecule has 0 radical (unpaired) electrons. The first kappa shape index (κ1) is 32.4. The van der Waals surface area contributed by atoms with E-state index in [1.54, 1.807) is 35.8 Å². The lowest BCUT2D eigenvalue weighted by Crippen LogP contribution is -2.40. The number of nitrogens with zero attached hydrogens (tertiary/aromatic N) is 2. The minimum absolute atomic E-state index is 0.185. The average Bonchev–Trinajstić information content (AvgIpc) is 3.41. The Morgan fingerprint density at radius 2 is 1.62 bits per heavy atom. The maximum absolute atomic E-state index is 14.2. The quantitative estimate of drug-likeness (QED) is 0.176. The fourth-order valence-corrected chi connectivity index (χ4v) is 6.54. The third kappa shape index (κ3) is 6.77. The van der Waals surface area contributed by atoms with Gasteiger partial charge in [-0.2, -0.15) is 0 Å². The molecule has 48 heavy (non-hydrogen) atoms. The van der Waals surface area contributed by atoms with Crippen molar-refractivity contribution in [1.82, 2.24) is 4.57 Å². The van der Waals surface area contributed by atoms with Gasteiger partial charge in [0, 0.05) is 5.56 Å². The number of esters is 1. The summed E-state index contributed by atoms with van der Waals surface area (Å²) in [6, 6.07) is 30.7. The summed E-state index contributed by atoms with van der Waals surface area (Å²) in [5.41, 5.74) is 5.11. The highest BCUT2D eigenvalue weighted by molar-refractivity contribution is 7.07. The Morgan fingerprint density at radius 3 is 2.25 bits per heavy atom. The van der Waals surface area contributed by atoms with E-state index in [-0.39, 0.29) is 24.3 Å². The van der Waals surface area contributed by atoms with Crippen molar-refractivity contribution in [3.05, 3.63) is 162 Å². The molecule has 0 saturated heterocycles. The normalized spacial score (nSPS) is 14.4. The fourth-order valence-electron chi connectivity index (χ4n) is 5.54. The van der Waals surface area contributed by atoms with Crippen molar-refractivity contribution in [3.8, 4) is 5.75 Å². The Kier molecular flexibility index (Phi) is 9.50. The molecule has 9 heteroatoms. The largest absolute Gasteiger partial charge is 0.489 e. The van der Waals surface area contributed by atoms with Crippen LogP contribution in [-0.2, 0) is 16.1 Å². The molecule has 1 aliphatic rings. The van der Waals surface area contributed by atoms with Crippen LogP contribution in [0.3, 0.4) is 0 Å². The van der Waals surface area contributed by atoms with Gasteiger partial charge in [-0.25, -0.2) is 14.6 Å². The zero-order valence-electron chi connectivity index (χ0n) is 26.8. The third-order valence-electron chi connectivity index (χ3n) is 8.08. The summed E-state index contributed by atoms with van der Waals surface area (Å²) in [5, 5.41) is 9.10. The molecule has 0 unspecified atom stereocenters. The van der Waals surface area contributed by atoms with Crippen LogP contribution in [-0.4, -0.2) is 28.2 Å². The van der Waals surface area contributed by atoms with Crippen molar-refractivity contribution < 1.29 is 24.2 Å². The van der Waals surface area contributed by atoms with Crippen LogP contribution in [0.25, 0.3) is 11.8 Å². The van der Waals surface area contributed by atoms with Gasteiger partial charge in [-0.15, -0.1) is 0 Å². The van der Waals surface area contributed by atoms with E-state index in [1.165, 1.54) is 11.3 Å².